The van der Waals surface area contributed by atoms with Crippen LogP contribution in [-0.4, -0.2) is 89.4 Å². The van der Waals surface area contributed by atoms with Crippen LogP contribution in [0.1, 0.15) is 31.2 Å². The fraction of sp³-hybridized carbons (Fsp3) is 0.625. The number of piperidine rings is 3. The summed E-state index contributed by atoms with van der Waals surface area (Å²) < 4.78 is 0. The Morgan fingerprint density at radius 1 is 0.938 bits per heavy atom. The van der Waals surface area contributed by atoms with E-state index in [9.17, 15) is 14.4 Å². The van der Waals surface area contributed by atoms with E-state index in [-0.39, 0.29) is 12.1 Å². The lowest BCUT2D eigenvalue weighted by atomic mass is 9.76. The molecule has 2 unspecified atom stereocenters. The summed E-state index contributed by atoms with van der Waals surface area (Å²) in [4.78, 5) is 45.9. The molecule has 1 aromatic carbocycles. The third kappa shape index (κ3) is 4.27. The van der Waals surface area contributed by atoms with Crippen molar-refractivity contribution < 1.29 is 14.4 Å². The summed E-state index contributed by atoms with van der Waals surface area (Å²) in [6.07, 6.45) is 3.86. The van der Waals surface area contributed by atoms with Crippen molar-refractivity contribution in [3.05, 3.63) is 35.9 Å². The maximum Gasteiger partial charge on any atom is 0.320 e. The van der Waals surface area contributed by atoms with E-state index in [0.29, 0.717) is 62.9 Å². The molecule has 0 spiro atoms. The van der Waals surface area contributed by atoms with Gasteiger partial charge in [-0.15, -0.1) is 0 Å². The van der Waals surface area contributed by atoms with E-state index >= 15 is 0 Å². The molecule has 0 saturated carbocycles. The zero-order valence-electron chi connectivity index (χ0n) is 18.6. The van der Waals surface area contributed by atoms with Crippen molar-refractivity contribution in [3.63, 3.8) is 0 Å². The number of fused-ring (bicyclic) bond motifs is 4. The molecule has 172 valence electrons. The third-order valence-electron chi connectivity index (χ3n) is 7.57. The van der Waals surface area contributed by atoms with Gasteiger partial charge in [-0.25, -0.2) is 9.59 Å². The highest BCUT2D eigenvalue weighted by Gasteiger charge is 2.45. The molecule has 3 atom stereocenters. The normalized spacial score (nSPS) is 27.8. The van der Waals surface area contributed by atoms with Gasteiger partial charge in [0.05, 0.1) is 0 Å². The Bertz CT molecular complexity index is 854. The van der Waals surface area contributed by atoms with E-state index in [1.807, 2.05) is 40.1 Å². The Balaban J connectivity index is 1.12. The van der Waals surface area contributed by atoms with E-state index in [0.717, 1.165) is 44.5 Å². The van der Waals surface area contributed by atoms with Crippen LogP contribution in [0.2, 0.25) is 0 Å². The smallest absolute Gasteiger partial charge is 0.320 e. The number of nitrogens with zero attached hydrogens (tertiary/aromatic N) is 4. The fourth-order valence-corrected chi connectivity index (χ4v) is 5.95. The number of carbonyl (C=O) groups excluding carboxylic acids is 3. The SMILES string of the molecule is O=C(NCc1ccccc1)N1CCN(C(=O)N2CC3CC(C2)[C@H]2CCCC(=O)N2C3)CC1. The molecule has 0 aromatic heterocycles. The average Bonchev–Trinajstić information content (AvgIpc) is 2.83. The first kappa shape index (κ1) is 21.1. The van der Waals surface area contributed by atoms with Crippen LogP contribution in [0.15, 0.2) is 30.3 Å². The maximum absolute atomic E-state index is 13.2. The van der Waals surface area contributed by atoms with Crippen LogP contribution in [0.3, 0.4) is 0 Å². The summed E-state index contributed by atoms with van der Waals surface area (Å²) in [5.74, 6) is 1.10. The van der Waals surface area contributed by atoms with Crippen molar-refractivity contribution in [1.82, 2.24) is 24.9 Å². The molecule has 5 rings (SSSR count). The number of nitrogens with one attached hydrogen (secondary N) is 1. The molecule has 32 heavy (non-hydrogen) atoms. The van der Waals surface area contributed by atoms with Gasteiger partial charge in [0.2, 0.25) is 5.91 Å². The van der Waals surface area contributed by atoms with Gasteiger partial charge in [0.25, 0.3) is 0 Å². The predicted molar refractivity (Wildman–Crippen MR) is 120 cm³/mol. The van der Waals surface area contributed by atoms with Gasteiger partial charge in [0.1, 0.15) is 0 Å². The third-order valence-corrected chi connectivity index (χ3v) is 7.57. The lowest BCUT2D eigenvalue weighted by molar-refractivity contribution is -0.144. The summed E-state index contributed by atoms with van der Waals surface area (Å²) >= 11 is 0. The van der Waals surface area contributed by atoms with Crippen molar-refractivity contribution in [2.75, 3.05) is 45.8 Å². The summed E-state index contributed by atoms with van der Waals surface area (Å²) in [5, 5.41) is 2.97. The Morgan fingerprint density at radius 2 is 1.69 bits per heavy atom. The second kappa shape index (κ2) is 9.00. The molecule has 4 heterocycles. The number of urea groups is 2. The van der Waals surface area contributed by atoms with Gasteiger partial charge in [-0.2, -0.15) is 0 Å². The van der Waals surface area contributed by atoms with Crippen LogP contribution >= 0.6 is 0 Å². The molecule has 2 bridgehead atoms. The Kier molecular flexibility index (Phi) is 5.93. The monoisotopic (exact) mass is 439 g/mol. The fourth-order valence-electron chi connectivity index (χ4n) is 5.95. The second-order valence-electron chi connectivity index (χ2n) is 9.67. The maximum atomic E-state index is 13.2. The quantitative estimate of drug-likeness (QED) is 0.766. The number of carbonyl (C=O) groups is 3. The van der Waals surface area contributed by atoms with Crippen LogP contribution in [-0.2, 0) is 11.3 Å². The molecule has 4 fully saturated rings. The molecular formula is C24H33N5O3. The van der Waals surface area contributed by atoms with Gasteiger partial charge in [-0.3, -0.25) is 4.79 Å². The number of likely N-dealkylation sites (tertiary alicyclic amines) is 1. The summed E-state index contributed by atoms with van der Waals surface area (Å²) in [6, 6.07) is 10.2. The second-order valence-corrected chi connectivity index (χ2v) is 9.67. The zero-order chi connectivity index (χ0) is 22.1. The molecule has 4 aliphatic rings. The number of hydrogen-bond acceptors (Lipinski definition) is 3. The minimum absolute atomic E-state index is 0.0736. The zero-order valence-corrected chi connectivity index (χ0v) is 18.6. The summed E-state index contributed by atoms with van der Waals surface area (Å²) in [6.45, 7) is 5.05. The van der Waals surface area contributed by atoms with Gasteiger partial charge < -0.3 is 24.9 Å². The lowest BCUT2D eigenvalue weighted by Crippen LogP contribution is -2.63. The highest BCUT2D eigenvalue weighted by atomic mass is 16.2. The van der Waals surface area contributed by atoms with Crippen molar-refractivity contribution in [3.8, 4) is 0 Å². The van der Waals surface area contributed by atoms with E-state index in [1.54, 1.807) is 4.90 Å². The molecular weight excluding hydrogens is 406 g/mol. The predicted octanol–water partition coefficient (Wildman–Crippen LogP) is 1.97. The molecule has 4 saturated heterocycles. The number of hydrogen-bond donors (Lipinski definition) is 1. The van der Waals surface area contributed by atoms with Crippen LogP contribution < -0.4 is 5.32 Å². The highest BCUT2D eigenvalue weighted by Crippen LogP contribution is 2.38. The summed E-state index contributed by atoms with van der Waals surface area (Å²) in [7, 11) is 0. The van der Waals surface area contributed by atoms with Gasteiger partial charge in [-0.1, -0.05) is 30.3 Å². The van der Waals surface area contributed by atoms with Gasteiger partial charge in [0, 0.05) is 64.8 Å². The molecule has 0 radical (unpaired) electrons. The summed E-state index contributed by atoms with van der Waals surface area (Å²) in [5.41, 5.74) is 1.07. The average molecular weight is 440 g/mol. The molecule has 0 aliphatic carbocycles. The highest BCUT2D eigenvalue weighted by molar-refractivity contribution is 5.78. The lowest BCUT2D eigenvalue weighted by Gasteiger charge is -2.53. The van der Waals surface area contributed by atoms with Crippen molar-refractivity contribution in [2.45, 2.75) is 38.3 Å². The first-order valence-electron chi connectivity index (χ1n) is 12.0. The number of rotatable bonds is 2. The minimum atomic E-state index is -0.0736. The first-order chi connectivity index (χ1) is 15.6. The molecule has 1 aromatic rings. The van der Waals surface area contributed by atoms with E-state index in [4.69, 9.17) is 0 Å². The molecule has 4 aliphatic heterocycles. The molecule has 5 amide bonds. The Labute approximate surface area is 189 Å². The number of amides is 5. The Morgan fingerprint density at radius 3 is 2.47 bits per heavy atom. The number of piperazine rings is 1. The standard InChI is InChI=1S/C24H33N5O3/c30-22-8-4-7-21-20-13-19(16-29(21)22)15-28(17-20)24(32)27-11-9-26(10-12-27)23(31)25-14-18-5-2-1-3-6-18/h1-3,5-6,19-21H,4,7-17H2,(H,25,31)/t19?,20?,21-/m1/s1. The van der Waals surface area contributed by atoms with E-state index in [1.165, 1.54) is 0 Å². The minimum Gasteiger partial charge on any atom is -0.339 e. The van der Waals surface area contributed by atoms with Crippen molar-refractivity contribution >= 4 is 18.0 Å². The van der Waals surface area contributed by atoms with E-state index in [2.05, 4.69) is 10.2 Å². The first-order valence-corrected chi connectivity index (χ1v) is 12.0. The van der Waals surface area contributed by atoms with Gasteiger partial charge >= 0.3 is 12.1 Å². The Hall–Kier alpha value is -2.77. The largest absolute Gasteiger partial charge is 0.339 e. The van der Waals surface area contributed by atoms with Crippen LogP contribution in [0.5, 0.6) is 0 Å². The number of benzene rings is 1. The molecule has 1 N–H and O–H groups in total. The van der Waals surface area contributed by atoms with Crippen molar-refractivity contribution in [2.24, 2.45) is 11.8 Å². The molecule has 8 nitrogen and oxygen atoms in total. The molecule has 8 heteroatoms. The van der Waals surface area contributed by atoms with Crippen LogP contribution in [0.4, 0.5) is 9.59 Å². The van der Waals surface area contributed by atoms with E-state index < -0.39 is 0 Å². The van der Waals surface area contributed by atoms with Crippen molar-refractivity contribution in [1.29, 1.82) is 0 Å². The van der Waals surface area contributed by atoms with Gasteiger partial charge in [0.15, 0.2) is 0 Å². The van der Waals surface area contributed by atoms with Crippen LogP contribution in [0, 0.1) is 11.8 Å². The van der Waals surface area contributed by atoms with Gasteiger partial charge in [-0.05, 0) is 36.7 Å². The van der Waals surface area contributed by atoms with Crippen LogP contribution in [0.25, 0.3) is 0 Å². The topological polar surface area (TPSA) is 76.2 Å².